The highest BCUT2D eigenvalue weighted by molar-refractivity contribution is 5.91. The molecule has 0 bridgehead atoms. The van der Waals surface area contributed by atoms with Gasteiger partial charge in [-0.05, 0) is 12.3 Å². The number of aromatic amines is 1. The lowest BCUT2D eigenvalue weighted by atomic mass is 10.3. The third-order valence-corrected chi connectivity index (χ3v) is 2.48. The third kappa shape index (κ3) is 1.68. The third-order valence-electron chi connectivity index (χ3n) is 2.48. The van der Waals surface area contributed by atoms with Gasteiger partial charge in [0.25, 0.3) is 5.91 Å². The molecular formula is C8H13N5O. The molecule has 0 radical (unpaired) electrons. The Morgan fingerprint density at radius 1 is 1.79 bits per heavy atom. The number of hydrogen-bond acceptors (Lipinski definition) is 4. The normalized spacial score (nSPS) is 24.6. The molecule has 1 aliphatic carbocycles. The molecule has 76 valence electrons. The molecule has 2 atom stereocenters. The predicted molar refractivity (Wildman–Crippen MR) is 50.4 cm³/mol. The van der Waals surface area contributed by atoms with Crippen LogP contribution in [-0.4, -0.2) is 27.1 Å². The molecule has 2 rings (SSSR count). The van der Waals surface area contributed by atoms with Crippen LogP contribution < -0.4 is 11.1 Å². The van der Waals surface area contributed by atoms with Crippen molar-refractivity contribution < 1.29 is 4.79 Å². The van der Waals surface area contributed by atoms with Crippen molar-refractivity contribution in [3.63, 3.8) is 0 Å². The highest BCUT2D eigenvalue weighted by atomic mass is 16.2. The second kappa shape index (κ2) is 3.28. The lowest BCUT2D eigenvalue weighted by molar-refractivity contribution is 0.0939. The zero-order valence-electron chi connectivity index (χ0n) is 7.95. The quantitative estimate of drug-likeness (QED) is 0.628. The minimum absolute atomic E-state index is 0.0954. The summed E-state index contributed by atoms with van der Waals surface area (Å²) in [6.45, 7) is 2.11. The molecule has 0 saturated heterocycles. The van der Waals surface area contributed by atoms with E-state index >= 15 is 0 Å². The fourth-order valence-electron chi connectivity index (χ4n) is 1.49. The second-order valence-corrected chi connectivity index (χ2v) is 3.53. The summed E-state index contributed by atoms with van der Waals surface area (Å²) >= 11 is 0. The average molecular weight is 195 g/mol. The molecule has 0 spiro atoms. The summed E-state index contributed by atoms with van der Waals surface area (Å²) in [7, 11) is 0. The van der Waals surface area contributed by atoms with Crippen molar-refractivity contribution in [2.45, 2.75) is 25.8 Å². The minimum atomic E-state index is -0.227. The first-order valence-electron chi connectivity index (χ1n) is 4.69. The number of H-pyrrole nitrogens is 1. The summed E-state index contributed by atoms with van der Waals surface area (Å²) in [5.41, 5.74) is 5.28. The topological polar surface area (TPSA) is 96.7 Å². The lowest BCUT2D eigenvalue weighted by Crippen LogP contribution is -2.27. The number of nitrogens with two attached hydrogens (primary N) is 1. The molecule has 2 unspecified atom stereocenters. The van der Waals surface area contributed by atoms with E-state index in [4.69, 9.17) is 5.73 Å². The van der Waals surface area contributed by atoms with Gasteiger partial charge in [0.1, 0.15) is 0 Å². The largest absolute Gasteiger partial charge is 0.366 e. The first-order valence-corrected chi connectivity index (χ1v) is 4.69. The Hall–Kier alpha value is -1.59. The number of carbonyl (C=O) groups excluding carboxylic acids is 1. The molecule has 1 aliphatic rings. The van der Waals surface area contributed by atoms with Crippen LogP contribution in [-0.2, 0) is 0 Å². The van der Waals surface area contributed by atoms with Crippen molar-refractivity contribution in [1.29, 1.82) is 0 Å². The van der Waals surface area contributed by atoms with Gasteiger partial charge in [-0.25, -0.2) is 0 Å². The molecule has 1 aromatic heterocycles. The summed E-state index contributed by atoms with van der Waals surface area (Å²) in [5.74, 6) is 0.677. The van der Waals surface area contributed by atoms with Crippen LogP contribution in [0.1, 0.15) is 30.4 Å². The van der Waals surface area contributed by atoms with Crippen LogP contribution in [0, 0.1) is 5.92 Å². The van der Waals surface area contributed by atoms with Gasteiger partial charge in [-0.3, -0.25) is 9.89 Å². The fourth-order valence-corrected chi connectivity index (χ4v) is 1.49. The summed E-state index contributed by atoms with van der Waals surface area (Å²) in [5, 5.41) is 8.91. The summed E-state index contributed by atoms with van der Waals surface area (Å²) in [6, 6.07) is 0.304. The van der Waals surface area contributed by atoms with Gasteiger partial charge >= 0.3 is 0 Å². The number of anilines is 1. The van der Waals surface area contributed by atoms with E-state index in [-0.39, 0.29) is 17.7 Å². The van der Waals surface area contributed by atoms with Crippen LogP contribution >= 0.6 is 0 Å². The Labute approximate surface area is 81.3 Å². The van der Waals surface area contributed by atoms with Gasteiger partial charge in [-0.2, -0.15) is 4.98 Å². The molecule has 6 nitrogen and oxygen atoms in total. The van der Waals surface area contributed by atoms with Gasteiger partial charge in [0, 0.05) is 6.04 Å². The van der Waals surface area contributed by atoms with Gasteiger partial charge < -0.3 is 11.1 Å². The molecule has 14 heavy (non-hydrogen) atoms. The van der Waals surface area contributed by atoms with Crippen molar-refractivity contribution in [2.75, 3.05) is 5.73 Å². The zero-order chi connectivity index (χ0) is 10.1. The molecule has 1 fully saturated rings. The molecule has 1 saturated carbocycles. The molecule has 1 heterocycles. The number of nitrogen functional groups attached to an aromatic ring is 1. The van der Waals surface area contributed by atoms with Crippen molar-refractivity contribution in [2.24, 2.45) is 5.92 Å². The minimum Gasteiger partial charge on any atom is -0.366 e. The average Bonchev–Trinajstić information content (AvgIpc) is 2.77. The van der Waals surface area contributed by atoms with E-state index in [2.05, 4.69) is 27.4 Å². The molecule has 1 aromatic rings. The van der Waals surface area contributed by atoms with Crippen LogP contribution in [0.2, 0.25) is 0 Å². The number of amides is 1. The van der Waals surface area contributed by atoms with Crippen LogP contribution in [0.15, 0.2) is 0 Å². The standard InChI is InChI=1S/C8H13N5O/c1-2-4-3-5(4)10-7(14)6-11-8(9)13-12-6/h4-5H,2-3H2,1H3,(H,10,14)(H3,9,11,12,13). The highest BCUT2D eigenvalue weighted by Crippen LogP contribution is 2.33. The summed E-state index contributed by atoms with van der Waals surface area (Å²) < 4.78 is 0. The lowest BCUT2D eigenvalue weighted by Gasteiger charge is -1.99. The number of nitrogens with zero attached hydrogens (tertiary/aromatic N) is 2. The number of rotatable bonds is 3. The van der Waals surface area contributed by atoms with Crippen LogP contribution in [0.5, 0.6) is 0 Å². The Kier molecular flexibility index (Phi) is 2.11. The van der Waals surface area contributed by atoms with Crippen LogP contribution in [0.25, 0.3) is 0 Å². The smallest absolute Gasteiger partial charge is 0.288 e. The number of carbonyl (C=O) groups is 1. The molecule has 4 N–H and O–H groups in total. The Balaban J connectivity index is 1.91. The summed E-state index contributed by atoms with van der Waals surface area (Å²) in [6.07, 6.45) is 2.16. The zero-order valence-corrected chi connectivity index (χ0v) is 7.95. The highest BCUT2D eigenvalue weighted by Gasteiger charge is 2.37. The van der Waals surface area contributed by atoms with E-state index < -0.39 is 0 Å². The second-order valence-electron chi connectivity index (χ2n) is 3.53. The SMILES string of the molecule is CCC1CC1NC(=O)c1nc(N)n[nH]1. The van der Waals surface area contributed by atoms with Crippen molar-refractivity contribution in [3.05, 3.63) is 5.82 Å². The van der Waals surface area contributed by atoms with E-state index in [9.17, 15) is 4.79 Å². The fraction of sp³-hybridized carbons (Fsp3) is 0.625. The van der Waals surface area contributed by atoms with Gasteiger partial charge in [0.2, 0.25) is 11.8 Å². The Morgan fingerprint density at radius 3 is 3.07 bits per heavy atom. The molecular weight excluding hydrogens is 182 g/mol. The Bertz CT molecular complexity index is 347. The summed E-state index contributed by atoms with van der Waals surface area (Å²) in [4.78, 5) is 15.2. The Morgan fingerprint density at radius 2 is 2.57 bits per heavy atom. The van der Waals surface area contributed by atoms with Gasteiger partial charge in [0.15, 0.2) is 0 Å². The predicted octanol–water partition coefficient (Wildman–Crippen LogP) is -0.0848. The van der Waals surface area contributed by atoms with E-state index in [1.165, 1.54) is 0 Å². The molecule has 1 amide bonds. The van der Waals surface area contributed by atoms with Gasteiger partial charge in [-0.15, -0.1) is 5.10 Å². The molecule has 0 aromatic carbocycles. The number of nitrogens with one attached hydrogen (secondary N) is 2. The van der Waals surface area contributed by atoms with Gasteiger partial charge in [0.05, 0.1) is 0 Å². The monoisotopic (exact) mass is 195 g/mol. The van der Waals surface area contributed by atoms with E-state index in [1.54, 1.807) is 0 Å². The first kappa shape index (κ1) is 8.98. The van der Waals surface area contributed by atoms with Crippen LogP contribution in [0.3, 0.4) is 0 Å². The van der Waals surface area contributed by atoms with E-state index in [0.29, 0.717) is 12.0 Å². The molecule has 0 aliphatic heterocycles. The van der Waals surface area contributed by atoms with Gasteiger partial charge in [-0.1, -0.05) is 13.3 Å². The van der Waals surface area contributed by atoms with Crippen LogP contribution in [0.4, 0.5) is 5.95 Å². The van der Waals surface area contributed by atoms with Crippen molar-refractivity contribution in [1.82, 2.24) is 20.5 Å². The maximum atomic E-state index is 11.5. The first-order chi connectivity index (χ1) is 6.70. The number of aromatic nitrogens is 3. The van der Waals surface area contributed by atoms with Crippen molar-refractivity contribution in [3.8, 4) is 0 Å². The van der Waals surface area contributed by atoms with Crippen molar-refractivity contribution >= 4 is 11.9 Å². The van der Waals surface area contributed by atoms with E-state index in [1.807, 2.05) is 0 Å². The number of hydrogen-bond donors (Lipinski definition) is 3. The maximum absolute atomic E-state index is 11.5. The maximum Gasteiger partial charge on any atom is 0.288 e. The van der Waals surface area contributed by atoms with E-state index in [0.717, 1.165) is 12.8 Å². The molecule has 6 heteroatoms.